The summed E-state index contributed by atoms with van der Waals surface area (Å²) in [5.41, 5.74) is 2.11. The van der Waals surface area contributed by atoms with E-state index in [1.807, 2.05) is 0 Å². The van der Waals surface area contributed by atoms with Crippen molar-refractivity contribution < 1.29 is 20.1 Å². The minimum absolute atomic E-state index is 0.400. The molecule has 2 aromatic heterocycles. The first-order valence-corrected chi connectivity index (χ1v) is 11.8. The summed E-state index contributed by atoms with van der Waals surface area (Å²) < 4.78 is 7.21. The zero-order valence-electron chi connectivity index (χ0n) is 19.1. The first-order valence-electron chi connectivity index (χ1n) is 11.8. The third-order valence-electron chi connectivity index (χ3n) is 7.22. The van der Waals surface area contributed by atoms with Crippen LogP contribution in [0, 0.1) is 0 Å². The van der Waals surface area contributed by atoms with Crippen LogP contribution in [0.5, 0.6) is 0 Å². The molecular formula is C27H23N5O4. The molecule has 0 radical (unpaired) electrons. The Morgan fingerprint density at radius 3 is 2.39 bits per heavy atom. The molecule has 4 unspecified atom stereocenters. The van der Waals surface area contributed by atoms with Crippen LogP contribution in [0.4, 0.5) is 5.82 Å². The number of aliphatic hydroxyl groups is 3. The Kier molecular flexibility index (Phi) is 4.80. The van der Waals surface area contributed by atoms with Gasteiger partial charge in [-0.2, -0.15) is 0 Å². The number of hydrogen-bond donors (Lipinski definition) is 4. The molecule has 0 aliphatic carbocycles. The van der Waals surface area contributed by atoms with Crippen molar-refractivity contribution in [3.8, 4) is 0 Å². The van der Waals surface area contributed by atoms with E-state index in [1.54, 1.807) is 4.57 Å². The molecule has 4 atom stereocenters. The molecule has 0 bridgehead atoms. The highest BCUT2D eigenvalue weighted by Gasteiger charge is 2.44. The molecule has 1 saturated heterocycles. The van der Waals surface area contributed by atoms with Gasteiger partial charge in [-0.3, -0.25) is 4.57 Å². The monoisotopic (exact) mass is 481 g/mol. The molecule has 9 nitrogen and oxygen atoms in total. The average Bonchev–Trinajstić information content (AvgIpc) is 3.47. The zero-order valence-corrected chi connectivity index (χ0v) is 19.1. The number of rotatable bonds is 5. The number of hydrogen-bond acceptors (Lipinski definition) is 8. The highest BCUT2D eigenvalue weighted by atomic mass is 16.6. The smallest absolute Gasteiger partial charge is 0.167 e. The van der Waals surface area contributed by atoms with Crippen LogP contribution in [0.15, 0.2) is 67.3 Å². The van der Waals surface area contributed by atoms with Crippen molar-refractivity contribution >= 4 is 49.3 Å². The van der Waals surface area contributed by atoms with Gasteiger partial charge >= 0.3 is 0 Å². The number of aliphatic hydroxyl groups excluding tert-OH is 3. The molecule has 36 heavy (non-hydrogen) atoms. The fraction of sp³-hybridized carbons (Fsp3) is 0.222. The van der Waals surface area contributed by atoms with Gasteiger partial charge in [0.15, 0.2) is 23.2 Å². The fourth-order valence-electron chi connectivity index (χ4n) is 5.41. The SMILES string of the molecule is OCC1OC(n2cnc3c(NCc4ccc5ccc6cccc7ccc4c5c67)ncnc32)C(O)C1O. The molecule has 1 aliphatic heterocycles. The lowest BCUT2D eigenvalue weighted by molar-refractivity contribution is -0.0511. The van der Waals surface area contributed by atoms with Crippen LogP contribution >= 0.6 is 0 Å². The van der Waals surface area contributed by atoms with Gasteiger partial charge in [-0.15, -0.1) is 0 Å². The van der Waals surface area contributed by atoms with Gasteiger partial charge < -0.3 is 25.4 Å². The van der Waals surface area contributed by atoms with Crippen LogP contribution in [0.25, 0.3) is 43.5 Å². The Balaban J connectivity index is 1.24. The number of anilines is 1. The number of fused-ring (bicyclic) bond motifs is 1. The van der Waals surface area contributed by atoms with E-state index in [2.05, 4.69) is 74.9 Å². The zero-order chi connectivity index (χ0) is 24.4. The fourth-order valence-corrected chi connectivity index (χ4v) is 5.41. The minimum Gasteiger partial charge on any atom is -0.394 e. The van der Waals surface area contributed by atoms with Gasteiger partial charge in [0.2, 0.25) is 0 Å². The lowest BCUT2D eigenvalue weighted by atomic mass is 9.92. The normalized spacial score (nSPS) is 22.4. The molecule has 9 heteroatoms. The van der Waals surface area contributed by atoms with Crippen molar-refractivity contribution in [3.63, 3.8) is 0 Å². The molecular weight excluding hydrogens is 458 g/mol. The van der Waals surface area contributed by atoms with Gasteiger partial charge in [-0.25, -0.2) is 15.0 Å². The van der Waals surface area contributed by atoms with Gasteiger partial charge in [0, 0.05) is 6.54 Å². The molecule has 0 spiro atoms. The summed E-state index contributed by atoms with van der Waals surface area (Å²) >= 11 is 0. The lowest BCUT2D eigenvalue weighted by Crippen LogP contribution is -2.33. The summed E-state index contributed by atoms with van der Waals surface area (Å²) in [6.45, 7) is 0.128. The summed E-state index contributed by atoms with van der Waals surface area (Å²) in [4.78, 5) is 13.2. The number of ether oxygens (including phenoxy) is 1. The summed E-state index contributed by atoms with van der Waals surface area (Å²) in [6.07, 6.45) is -1.29. The van der Waals surface area contributed by atoms with E-state index in [0.717, 1.165) is 5.56 Å². The molecule has 7 rings (SSSR count). The Morgan fingerprint density at radius 1 is 0.861 bits per heavy atom. The van der Waals surface area contributed by atoms with E-state index in [4.69, 9.17) is 4.74 Å². The number of nitrogens with zero attached hydrogens (tertiary/aromatic N) is 4. The molecule has 180 valence electrons. The molecule has 4 N–H and O–H groups in total. The van der Waals surface area contributed by atoms with Gasteiger partial charge in [-0.1, -0.05) is 54.6 Å². The topological polar surface area (TPSA) is 126 Å². The molecule has 3 heterocycles. The molecule has 0 saturated carbocycles. The first kappa shape index (κ1) is 21.4. The van der Waals surface area contributed by atoms with Crippen molar-refractivity contribution in [3.05, 3.63) is 72.8 Å². The predicted octanol–water partition coefficient (Wildman–Crippen LogP) is 2.95. The van der Waals surface area contributed by atoms with Crippen LogP contribution in [0.3, 0.4) is 0 Å². The number of nitrogens with one attached hydrogen (secondary N) is 1. The second kappa shape index (κ2) is 8.07. The van der Waals surface area contributed by atoms with Gasteiger partial charge in [0.1, 0.15) is 24.6 Å². The maximum atomic E-state index is 10.4. The van der Waals surface area contributed by atoms with Crippen molar-refractivity contribution in [1.82, 2.24) is 19.5 Å². The Morgan fingerprint density at radius 2 is 1.61 bits per heavy atom. The Hall–Kier alpha value is -3.89. The Bertz CT molecular complexity index is 1720. The van der Waals surface area contributed by atoms with Gasteiger partial charge in [-0.05, 0) is 37.9 Å². The van der Waals surface area contributed by atoms with E-state index < -0.39 is 31.1 Å². The Labute approximate surface area is 205 Å². The molecule has 1 aliphatic rings. The highest BCUT2D eigenvalue weighted by molar-refractivity contribution is 6.23. The molecule has 4 aromatic carbocycles. The lowest BCUT2D eigenvalue weighted by Gasteiger charge is -2.16. The minimum atomic E-state index is -1.22. The number of aromatic nitrogens is 4. The molecule has 0 amide bonds. The second-order valence-corrected chi connectivity index (χ2v) is 9.21. The standard InChI is InChI=1S/C27H23N5O4/c33-11-19-23(34)24(35)27(36-19)32-13-31-22-25(29-12-30-26(22)32)28-10-17-7-6-16-5-4-14-2-1-3-15-8-9-18(17)21(16)20(14)15/h1-9,12-13,19,23-24,27,33-35H,10-11H2,(H,28,29,30). The summed E-state index contributed by atoms with van der Waals surface area (Å²) in [6, 6.07) is 19.3. The second-order valence-electron chi connectivity index (χ2n) is 9.21. The maximum Gasteiger partial charge on any atom is 0.167 e. The molecule has 1 fully saturated rings. The van der Waals surface area contributed by atoms with Crippen LogP contribution in [-0.2, 0) is 11.3 Å². The van der Waals surface area contributed by atoms with Crippen molar-refractivity contribution in [2.24, 2.45) is 0 Å². The first-order chi connectivity index (χ1) is 17.6. The summed E-state index contributed by atoms with van der Waals surface area (Å²) in [5.74, 6) is 0.552. The largest absolute Gasteiger partial charge is 0.394 e. The van der Waals surface area contributed by atoms with Gasteiger partial charge in [0.05, 0.1) is 12.9 Å². The van der Waals surface area contributed by atoms with Crippen molar-refractivity contribution in [2.75, 3.05) is 11.9 Å². The highest BCUT2D eigenvalue weighted by Crippen LogP contribution is 2.36. The maximum absolute atomic E-state index is 10.4. The number of benzene rings is 4. The van der Waals surface area contributed by atoms with Gasteiger partial charge in [0.25, 0.3) is 0 Å². The van der Waals surface area contributed by atoms with E-state index in [0.29, 0.717) is 23.5 Å². The van der Waals surface area contributed by atoms with Crippen LogP contribution in [-0.4, -0.2) is 59.8 Å². The van der Waals surface area contributed by atoms with E-state index in [9.17, 15) is 15.3 Å². The van der Waals surface area contributed by atoms with E-state index >= 15 is 0 Å². The van der Waals surface area contributed by atoms with E-state index in [-0.39, 0.29) is 0 Å². The van der Waals surface area contributed by atoms with E-state index in [1.165, 1.54) is 45.0 Å². The van der Waals surface area contributed by atoms with Crippen molar-refractivity contribution in [2.45, 2.75) is 31.1 Å². The summed E-state index contributed by atoms with van der Waals surface area (Å²) in [5, 5.41) is 40.8. The van der Waals surface area contributed by atoms with Crippen LogP contribution in [0.2, 0.25) is 0 Å². The number of imidazole rings is 1. The van der Waals surface area contributed by atoms with Crippen molar-refractivity contribution in [1.29, 1.82) is 0 Å². The third kappa shape index (κ3) is 3.07. The quantitative estimate of drug-likeness (QED) is 0.277. The van der Waals surface area contributed by atoms with Crippen LogP contribution in [0.1, 0.15) is 11.8 Å². The predicted molar refractivity (Wildman–Crippen MR) is 136 cm³/mol. The molecule has 6 aromatic rings. The average molecular weight is 482 g/mol. The third-order valence-corrected chi connectivity index (χ3v) is 7.22. The van der Waals surface area contributed by atoms with Crippen LogP contribution < -0.4 is 5.32 Å². The summed E-state index contributed by atoms with van der Waals surface area (Å²) in [7, 11) is 0.